The number of nitrogens with zero attached hydrogens (tertiary/aromatic N) is 2. The van der Waals surface area contributed by atoms with Crippen molar-refractivity contribution in [1.82, 2.24) is 4.90 Å². The minimum Gasteiger partial charge on any atom is -0.385 e. The van der Waals surface area contributed by atoms with Crippen LogP contribution in [0.4, 0.5) is 0 Å². The van der Waals surface area contributed by atoms with Gasteiger partial charge in [-0.25, -0.2) is 0 Å². The highest BCUT2D eigenvalue weighted by Crippen LogP contribution is 2.07. The molecule has 2 amide bonds. The van der Waals surface area contributed by atoms with E-state index in [0.29, 0.717) is 0 Å². The van der Waals surface area contributed by atoms with Gasteiger partial charge in [0.2, 0.25) is 0 Å². The normalized spacial score (nSPS) is 16.6. The van der Waals surface area contributed by atoms with Crippen molar-refractivity contribution in [2.45, 2.75) is 19.8 Å². The minimum atomic E-state index is -0.611. The van der Waals surface area contributed by atoms with E-state index in [-0.39, 0.29) is 18.2 Å². The van der Waals surface area contributed by atoms with Gasteiger partial charge in [-0.05, 0) is 19.8 Å². The Balaban J connectivity index is 2.40. The van der Waals surface area contributed by atoms with Crippen molar-refractivity contribution >= 4 is 17.5 Å². The van der Waals surface area contributed by atoms with Gasteiger partial charge < -0.3 is 15.5 Å². The van der Waals surface area contributed by atoms with Crippen molar-refractivity contribution in [3.63, 3.8) is 0 Å². The molecule has 2 N–H and O–H groups in total. The van der Waals surface area contributed by atoms with Crippen LogP contribution in [0.1, 0.15) is 19.8 Å². The van der Waals surface area contributed by atoms with Crippen molar-refractivity contribution in [3.8, 4) is 0 Å². The highest BCUT2D eigenvalue weighted by atomic mass is 16.6. The fourth-order valence-corrected chi connectivity index (χ4v) is 1.38. The number of rotatable bonds is 4. The van der Waals surface area contributed by atoms with E-state index < -0.39 is 5.91 Å². The summed E-state index contributed by atoms with van der Waals surface area (Å²) >= 11 is 0. The summed E-state index contributed by atoms with van der Waals surface area (Å²) in [5.41, 5.74) is 5.10. The van der Waals surface area contributed by atoms with Gasteiger partial charge in [0.05, 0.1) is 0 Å². The summed E-state index contributed by atoms with van der Waals surface area (Å²) in [6.07, 6.45) is 2.06. The number of amides is 2. The molecule has 1 aliphatic heterocycles. The Morgan fingerprint density at radius 1 is 1.40 bits per heavy atom. The van der Waals surface area contributed by atoms with Gasteiger partial charge in [-0.1, -0.05) is 5.16 Å². The molecule has 6 nitrogen and oxygen atoms in total. The molecule has 0 radical (unpaired) electrons. The van der Waals surface area contributed by atoms with Crippen LogP contribution in [0.2, 0.25) is 0 Å². The molecule has 84 valence electrons. The monoisotopic (exact) mass is 213 g/mol. The molecule has 0 unspecified atom stereocenters. The average molecular weight is 213 g/mol. The van der Waals surface area contributed by atoms with Crippen LogP contribution >= 0.6 is 0 Å². The molecule has 0 aromatic heterocycles. The molecule has 1 heterocycles. The van der Waals surface area contributed by atoms with Crippen LogP contribution in [0.5, 0.6) is 0 Å². The predicted molar refractivity (Wildman–Crippen MR) is 54.1 cm³/mol. The Morgan fingerprint density at radius 3 is 2.53 bits per heavy atom. The molecule has 15 heavy (non-hydrogen) atoms. The van der Waals surface area contributed by atoms with Gasteiger partial charge in [0, 0.05) is 13.1 Å². The molecule has 0 aromatic carbocycles. The third kappa shape index (κ3) is 3.57. The number of primary amides is 1. The van der Waals surface area contributed by atoms with Crippen molar-refractivity contribution in [3.05, 3.63) is 0 Å². The first-order valence-corrected chi connectivity index (χ1v) is 4.85. The second-order valence-corrected chi connectivity index (χ2v) is 3.42. The first-order chi connectivity index (χ1) is 7.11. The summed E-state index contributed by atoms with van der Waals surface area (Å²) in [5.74, 6) is -0.753. The van der Waals surface area contributed by atoms with E-state index in [0.717, 1.165) is 25.9 Å². The highest BCUT2D eigenvalue weighted by Gasteiger charge is 2.20. The van der Waals surface area contributed by atoms with Crippen LogP contribution in [-0.4, -0.2) is 42.1 Å². The number of hydrogen-bond donors (Lipinski definition) is 1. The van der Waals surface area contributed by atoms with E-state index in [1.165, 1.54) is 0 Å². The van der Waals surface area contributed by atoms with E-state index in [2.05, 4.69) is 9.99 Å². The molecule has 0 spiro atoms. The Kier molecular flexibility index (Phi) is 4.08. The molecule has 0 aliphatic carbocycles. The number of likely N-dealkylation sites (tertiary alicyclic amines) is 1. The Bertz CT molecular complexity index is 282. The summed E-state index contributed by atoms with van der Waals surface area (Å²) in [6, 6.07) is 0. The van der Waals surface area contributed by atoms with Crippen LogP contribution in [0.15, 0.2) is 5.16 Å². The molecular weight excluding hydrogens is 198 g/mol. The van der Waals surface area contributed by atoms with Gasteiger partial charge in [-0.2, -0.15) is 0 Å². The van der Waals surface area contributed by atoms with Crippen molar-refractivity contribution in [1.29, 1.82) is 0 Å². The van der Waals surface area contributed by atoms with Gasteiger partial charge in [0.1, 0.15) is 5.71 Å². The van der Waals surface area contributed by atoms with Gasteiger partial charge in [-0.15, -0.1) is 0 Å². The molecule has 1 rings (SSSR count). The molecule has 0 bridgehead atoms. The molecule has 0 aromatic rings. The summed E-state index contributed by atoms with van der Waals surface area (Å²) in [4.78, 5) is 28.3. The van der Waals surface area contributed by atoms with Gasteiger partial charge in [-0.3, -0.25) is 9.59 Å². The SMILES string of the molecule is C/C(=N\OCC(N)=O)C(=O)N1CCCC1. The fraction of sp³-hybridized carbons (Fsp3) is 0.667. The first-order valence-electron chi connectivity index (χ1n) is 4.85. The quantitative estimate of drug-likeness (QED) is 0.504. The lowest BCUT2D eigenvalue weighted by atomic mass is 10.4. The smallest absolute Gasteiger partial charge is 0.271 e. The molecule has 1 saturated heterocycles. The van der Waals surface area contributed by atoms with Crippen molar-refractivity contribution in [2.24, 2.45) is 10.9 Å². The largest absolute Gasteiger partial charge is 0.385 e. The van der Waals surface area contributed by atoms with Crippen molar-refractivity contribution in [2.75, 3.05) is 19.7 Å². The van der Waals surface area contributed by atoms with E-state index in [1.54, 1.807) is 11.8 Å². The zero-order valence-corrected chi connectivity index (χ0v) is 8.73. The lowest BCUT2D eigenvalue weighted by molar-refractivity contribution is -0.125. The van der Waals surface area contributed by atoms with Crippen LogP contribution in [0.3, 0.4) is 0 Å². The van der Waals surface area contributed by atoms with Crippen LogP contribution in [-0.2, 0) is 14.4 Å². The predicted octanol–water partition coefficient (Wildman–Crippen LogP) is -0.513. The van der Waals surface area contributed by atoms with E-state index >= 15 is 0 Å². The number of carbonyl (C=O) groups is 2. The second-order valence-electron chi connectivity index (χ2n) is 3.42. The van der Waals surface area contributed by atoms with E-state index in [9.17, 15) is 9.59 Å². The molecular formula is C9H15N3O3. The summed E-state index contributed by atoms with van der Waals surface area (Å²) in [6.45, 7) is 2.79. The lowest BCUT2D eigenvalue weighted by Gasteiger charge is -2.13. The average Bonchev–Trinajstić information content (AvgIpc) is 2.68. The number of oxime groups is 1. The second kappa shape index (κ2) is 5.33. The highest BCUT2D eigenvalue weighted by molar-refractivity contribution is 6.37. The Morgan fingerprint density at radius 2 is 2.00 bits per heavy atom. The van der Waals surface area contributed by atoms with E-state index in [4.69, 9.17) is 5.73 Å². The van der Waals surface area contributed by atoms with Crippen LogP contribution in [0, 0.1) is 0 Å². The maximum Gasteiger partial charge on any atom is 0.271 e. The van der Waals surface area contributed by atoms with Gasteiger partial charge in [0.25, 0.3) is 11.8 Å². The standard InChI is InChI=1S/C9H15N3O3/c1-7(11-15-6-8(10)13)9(14)12-4-2-3-5-12/h2-6H2,1H3,(H2,10,13)/b11-7+. The summed E-state index contributed by atoms with van der Waals surface area (Å²) < 4.78 is 0. The fourth-order valence-electron chi connectivity index (χ4n) is 1.38. The first kappa shape index (κ1) is 11.5. The molecule has 6 heteroatoms. The maximum absolute atomic E-state index is 11.6. The van der Waals surface area contributed by atoms with Crippen LogP contribution < -0.4 is 5.73 Å². The Hall–Kier alpha value is -1.59. The third-order valence-corrected chi connectivity index (χ3v) is 2.11. The number of hydrogen-bond acceptors (Lipinski definition) is 4. The zero-order valence-electron chi connectivity index (χ0n) is 8.73. The molecule has 1 fully saturated rings. The Labute approximate surface area is 88.0 Å². The molecule has 0 atom stereocenters. The summed E-state index contributed by atoms with van der Waals surface area (Å²) in [5, 5.41) is 3.53. The maximum atomic E-state index is 11.6. The lowest BCUT2D eigenvalue weighted by Crippen LogP contribution is -2.33. The van der Waals surface area contributed by atoms with Crippen LogP contribution in [0.25, 0.3) is 0 Å². The number of nitrogens with two attached hydrogens (primary N) is 1. The summed E-state index contributed by atoms with van der Waals surface area (Å²) in [7, 11) is 0. The third-order valence-electron chi connectivity index (χ3n) is 2.11. The number of carbonyl (C=O) groups excluding carboxylic acids is 2. The molecule has 1 aliphatic rings. The van der Waals surface area contributed by atoms with Gasteiger partial charge >= 0.3 is 0 Å². The minimum absolute atomic E-state index is 0.142. The van der Waals surface area contributed by atoms with E-state index in [1.807, 2.05) is 0 Å². The zero-order chi connectivity index (χ0) is 11.3. The molecule has 0 saturated carbocycles. The van der Waals surface area contributed by atoms with Crippen molar-refractivity contribution < 1.29 is 14.4 Å². The van der Waals surface area contributed by atoms with Gasteiger partial charge in [0.15, 0.2) is 6.61 Å². The topological polar surface area (TPSA) is 85.0 Å².